The average Bonchev–Trinajstić information content (AvgIpc) is 3.21. The summed E-state index contributed by atoms with van der Waals surface area (Å²) in [5.41, 5.74) is 7.54. The average molecular weight is 463 g/mol. The number of hydrogen-bond donors (Lipinski definition) is 2. The van der Waals surface area contributed by atoms with Crippen molar-refractivity contribution in [1.82, 2.24) is 14.8 Å². The smallest absolute Gasteiger partial charge is 0.254 e. The van der Waals surface area contributed by atoms with Gasteiger partial charge >= 0.3 is 0 Å². The van der Waals surface area contributed by atoms with Crippen LogP contribution in [0.2, 0.25) is 0 Å². The molecule has 0 bridgehead atoms. The number of aromatic nitrogens is 3. The monoisotopic (exact) mass is 462 g/mol. The Kier molecular flexibility index (Phi) is 5.77. The van der Waals surface area contributed by atoms with Crippen molar-refractivity contribution in [3.63, 3.8) is 0 Å². The number of aryl methyl sites for hydroxylation is 1. The summed E-state index contributed by atoms with van der Waals surface area (Å²) in [5.74, 6) is 0. The van der Waals surface area contributed by atoms with E-state index in [1.165, 1.54) is 11.1 Å². The molecule has 5 rings (SSSR count). The fourth-order valence-corrected chi connectivity index (χ4v) is 4.21. The lowest BCUT2D eigenvalue weighted by Crippen LogP contribution is -2.16. The largest absolute Gasteiger partial charge is 0.381 e. The Morgan fingerprint density at radius 2 is 1.60 bits per heavy atom. The van der Waals surface area contributed by atoms with Crippen molar-refractivity contribution in [1.29, 1.82) is 0 Å². The maximum atomic E-state index is 13.1. The predicted octanol–water partition coefficient (Wildman–Crippen LogP) is 6.60. The summed E-state index contributed by atoms with van der Waals surface area (Å²) in [7, 11) is 0. The van der Waals surface area contributed by atoms with Gasteiger partial charge in [-0.15, -0.1) is 0 Å². The molecule has 0 amide bonds. The zero-order chi connectivity index (χ0) is 24.6. The molecule has 0 atom stereocenters. The maximum absolute atomic E-state index is 13.1. The third kappa shape index (κ3) is 4.62. The highest BCUT2D eigenvalue weighted by molar-refractivity contribution is 5.92. The van der Waals surface area contributed by atoms with Crippen molar-refractivity contribution in [2.24, 2.45) is 0 Å². The molecule has 3 aromatic carbocycles. The molecule has 0 aliphatic rings. The highest BCUT2D eigenvalue weighted by Gasteiger charge is 2.17. The summed E-state index contributed by atoms with van der Waals surface area (Å²) in [6.07, 6.45) is 0. The number of pyridine rings is 1. The van der Waals surface area contributed by atoms with E-state index >= 15 is 0 Å². The molecule has 5 heteroatoms. The Balaban J connectivity index is 1.55. The Morgan fingerprint density at radius 1 is 0.914 bits per heavy atom. The minimum absolute atomic E-state index is 0.103. The Bertz CT molecular complexity index is 1520. The van der Waals surface area contributed by atoms with Crippen LogP contribution >= 0.6 is 0 Å². The second kappa shape index (κ2) is 8.91. The lowest BCUT2D eigenvalue weighted by atomic mass is 9.87. The molecule has 0 unspecified atom stereocenters. The summed E-state index contributed by atoms with van der Waals surface area (Å²) >= 11 is 0. The van der Waals surface area contributed by atoms with E-state index in [1.807, 2.05) is 41.1 Å². The van der Waals surface area contributed by atoms with Crippen LogP contribution in [-0.2, 0) is 12.0 Å². The van der Waals surface area contributed by atoms with Gasteiger partial charge in [0.1, 0.15) is 11.3 Å². The lowest BCUT2D eigenvalue weighted by molar-refractivity contribution is 0.590. The first-order chi connectivity index (χ1) is 16.8. The highest BCUT2D eigenvalue weighted by atomic mass is 16.1. The van der Waals surface area contributed by atoms with Crippen LogP contribution in [0, 0.1) is 6.92 Å². The molecule has 5 aromatic rings. The molecular weight excluding hydrogens is 432 g/mol. The molecule has 0 radical (unpaired) electrons. The van der Waals surface area contributed by atoms with Crippen LogP contribution in [0.25, 0.3) is 28.0 Å². The first-order valence-corrected chi connectivity index (χ1v) is 11.9. The fourth-order valence-electron chi connectivity index (χ4n) is 4.21. The van der Waals surface area contributed by atoms with E-state index in [4.69, 9.17) is 5.10 Å². The number of rotatable bonds is 5. The number of H-pyrrole nitrogens is 1. The topological polar surface area (TPSA) is 62.7 Å². The van der Waals surface area contributed by atoms with Gasteiger partial charge in [-0.2, -0.15) is 5.10 Å². The summed E-state index contributed by atoms with van der Waals surface area (Å²) in [6, 6.07) is 28.6. The molecule has 5 nitrogen and oxygen atoms in total. The first kappa shape index (κ1) is 22.7. The van der Waals surface area contributed by atoms with Gasteiger partial charge in [0.25, 0.3) is 5.56 Å². The SMILES string of the molecule is Cc1ccc(-c2nn(-c3ccccc3)c3[nH]c(=O)c(CNc4ccc(C(C)(C)C)cc4)cc23)cc1. The fraction of sp³-hybridized carbons (Fsp3) is 0.200. The number of hydrogen-bond acceptors (Lipinski definition) is 3. The molecule has 0 saturated carbocycles. The van der Waals surface area contributed by atoms with E-state index in [0.717, 1.165) is 28.0 Å². The highest BCUT2D eigenvalue weighted by Crippen LogP contribution is 2.29. The second-order valence-electron chi connectivity index (χ2n) is 10.0. The Labute approximate surface area is 205 Å². The summed E-state index contributed by atoms with van der Waals surface area (Å²) in [6.45, 7) is 9.09. The molecule has 0 saturated heterocycles. The van der Waals surface area contributed by atoms with E-state index in [-0.39, 0.29) is 11.0 Å². The third-order valence-electron chi connectivity index (χ3n) is 6.32. The minimum atomic E-state index is -0.121. The predicted molar refractivity (Wildman–Crippen MR) is 144 cm³/mol. The molecular formula is C30H30N4O. The van der Waals surface area contributed by atoms with E-state index in [0.29, 0.717) is 17.8 Å². The number of fused-ring (bicyclic) bond motifs is 1. The Hall–Kier alpha value is -4.12. The van der Waals surface area contributed by atoms with Gasteiger partial charge in [-0.3, -0.25) is 4.79 Å². The molecule has 0 aliphatic carbocycles. The summed E-state index contributed by atoms with van der Waals surface area (Å²) in [5, 5.41) is 9.24. The van der Waals surface area contributed by atoms with Gasteiger partial charge in [0.2, 0.25) is 0 Å². The van der Waals surface area contributed by atoms with Crippen LogP contribution in [0.3, 0.4) is 0 Å². The molecule has 2 N–H and O–H groups in total. The summed E-state index contributed by atoms with van der Waals surface area (Å²) in [4.78, 5) is 16.2. The number of benzene rings is 3. The number of para-hydroxylation sites is 1. The van der Waals surface area contributed by atoms with Crippen molar-refractivity contribution in [2.45, 2.75) is 39.7 Å². The first-order valence-electron chi connectivity index (χ1n) is 11.9. The third-order valence-corrected chi connectivity index (χ3v) is 6.32. The zero-order valence-electron chi connectivity index (χ0n) is 20.6. The molecule has 0 spiro atoms. The molecule has 0 fully saturated rings. The van der Waals surface area contributed by atoms with E-state index in [2.05, 4.69) is 86.5 Å². The van der Waals surface area contributed by atoms with Gasteiger partial charge in [-0.25, -0.2) is 4.68 Å². The number of nitrogens with one attached hydrogen (secondary N) is 2. The van der Waals surface area contributed by atoms with E-state index in [9.17, 15) is 4.79 Å². The van der Waals surface area contributed by atoms with Gasteiger partial charge in [0.05, 0.1) is 5.69 Å². The Morgan fingerprint density at radius 3 is 2.26 bits per heavy atom. The van der Waals surface area contributed by atoms with Crippen LogP contribution in [0.4, 0.5) is 5.69 Å². The minimum Gasteiger partial charge on any atom is -0.381 e. The van der Waals surface area contributed by atoms with Gasteiger partial charge in [-0.05, 0) is 48.2 Å². The quantitative estimate of drug-likeness (QED) is 0.309. The van der Waals surface area contributed by atoms with Crippen LogP contribution in [0.1, 0.15) is 37.5 Å². The van der Waals surface area contributed by atoms with Gasteiger partial charge in [0.15, 0.2) is 0 Å². The van der Waals surface area contributed by atoms with Gasteiger partial charge in [0, 0.05) is 28.7 Å². The van der Waals surface area contributed by atoms with Gasteiger partial charge < -0.3 is 10.3 Å². The normalized spacial score (nSPS) is 11.7. The van der Waals surface area contributed by atoms with E-state index < -0.39 is 0 Å². The van der Waals surface area contributed by atoms with Gasteiger partial charge in [-0.1, -0.05) is 80.9 Å². The molecule has 2 aromatic heterocycles. The number of nitrogens with zero attached hydrogens (tertiary/aromatic N) is 2. The zero-order valence-corrected chi connectivity index (χ0v) is 20.6. The van der Waals surface area contributed by atoms with Crippen molar-refractivity contribution in [2.75, 3.05) is 5.32 Å². The van der Waals surface area contributed by atoms with Crippen molar-refractivity contribution >= 4 is 16.7 Å². The van der Waals surface area contributed by atoms with Crippen LogP contribution in [0.15, 0.2) is 89.7 Å². The molecule has 2 heterocycles. The maximum Gasteiger partial charge on any atom is 0.254 e. The number of anilines is 1. The molecule has 176 valence electrons. The van der Waals surface area contributed by atoms with Crippen LogP contribution < -0.4 is 10.9 Å². The van der Waals surface area contributed by atoms with E-state index in [1.54, 1.807) is 0 Å². The molecule has 0 aliphatic heterocycles. The van der Waals surface area contributed by atoms with Crippen LogP contribution in [-0.4, -0.2) is 14.8 Å². The second-order valence-corrected chi connectivity index (χ2v) is 10.0. The van der Waals surface area contributed by atoms with Crippen molar-refractivity contribution in [3.05, 3.63) is 112 Å². The number of aromatic amines is 1. The standard InChI is InChI=1S/C30H30N4O/c1-20-10-12-21(13-11-20)27-26-18-22(19-31-24-16-14-23(15-17-24)30(2,3)4)29(35)32-28(26)34(33-27)25-8-6-5-7-9-25/h5-18,31H,19H2,1-4H3,(H,32,35). The van der Waals surface area contributed by atoms with Crippen LogP contribution in [0.5, 0.6) is 0 Å². The van der Waals surface area contributed by atoms with Crippen molar-refractivity contribution in [3.8, 4) is 16.9 Å². The lowest BCUT2D eigenvalue weighted by Gasteiger charge is -2.19. The summed E-state index contributed by atoms with van der Waals surface area (Å²) < 4.78 is 1.81. The van der Waals surface area contributed by atoms with Crippen molar-refractivity contribution < 1.29 is 0 Å². The molecule has 35 heavy (non-hydrogen) atoms.